The van der Waals surface area contributed by atoms with Crippen molar-refractivity contribution in [2.24, 2.45) is 10.2 Å². The first-order valence-corrected chi connectivity index (χ1v) is 6.56. The monoisotopic (exact) mass is 324 g/mol. The number of aliphatic hydroxyl groups excluding tert-OH is 8. The van der Waals surface area contributed by atoms with Gasteiger partial charge in [0.05, 0.1) is 24.6 Å². The van der Waals surface area contributed by atoms with Crippen LogP contribution in [0.1, 0.15) is 13.8 Å². The lowest BCUT2D eigenvalue weighted by molar-refractivity contribution is -0.0559. The van der Waals surface area contributed by atoms with Crippen LogP contribution in [0.25, 0.3) is 0 Å². The predicted molar refractivity (Wildman–Crippen MR) is 76.4 cm³/mol. The molecular weight excluding hydrogens is 300 g/mol. The molecule has 0 aromatic heterocycles. The van der Waals surface area contributed by atoms with Crippen LogP contribution in [0.3, 0.4) is 0 Å². The third kappa shape index (κ3) is 6.02. The van der Waals surface area contributed by atoms with Crippen LogP contribution in [0, 0.1) is 0 Å². The van der Waals surface area contributed by atoms with Crippen LogP contribution in [0.4, 0.5) is 0 Å². The number of aliphatic hydroxyl groups is 8. The smallest absolute Gasteiger partial charge is 0.122 e. The molecule has 0 heterocycles. The van der Waals surface area contributed by atoms with Gasteiger partial charge in [-0.15, -0.1) is 0 Å². The van der Waals surface area contributed by atoms with Crippen molar-refractivity contribution in [3.63, 3.8) is 0 Å². The highest BCUT2D eigenvalue weighted by Gasteiger charge is 2.28. The summed E-state index contributed by atoms with van der Waals surface area (Å²) in [6.07, 6.45) is -9.64. The normalized spacial score (nSPS) is 21.9. The summed E-state index contributed by atoms with van der Waals surface area (Å²) in [5.74, 6) is 0. The van der Waals surface area contributed by atoms with E-state index < -0.39 is 49.8 Å². The quantitative estimate of drug-likeness (QED) is 0.155. The van der Waals surface area contributed by atoms with Gasteiger partial charge in [-0.3, -0.25) is 0 Å². The van der Waals surface area contributed by atoms with Crippen molar-refractivity contribution in [2.75, 3.05) is 13.2 Å². The van der Waals surface area contributed by atoms with Gasteiger partial charge in [0, 0.05) is 0 Å². The SMILES string of the molecule is CC(=NN=C(C)C(O)C(O)C(O)CO)C(O)C(O)C(O)CO. The number of hydrogen-bond donors (Lipinski definition) is 8. The Morgan fingerprint density at radius 2 is 0.955 bits per heavy atom. The topological polar surface area (TPSA) is 187 Å². The van der Waals surface area contributed by atoms with E-state index in [2.05, 4.69) is 10.2 Å². The van der Waals surface area contributed by atoms with Gasteiger partial charge in [0.25, 0.3) is 0 Å². The fourth-order valence-electron chi connectivity index (χ4n) is 1.41. The molecular formula is C12H24N2O8. The van der Waals surface area contributed by atoms with Gasteiger partial charge in [0.1, 0.15) is 36.6 Å². The van der Waals surface area contributed by atoms with E-state index in [9.17, 15) is 30.6 Å². The third-order valence-corrected chi connectivity index (χ3v) is 3.03. The number of nitrogens with zero attached hydrogens (tertiary/aromatic N) is 2. The molecule has 0 aromatic carbocycles. The zero-order valence-corrected chi connectivity index (χ0v) is 12.4. The van der Waals surface area contributed by atoms with Crippen LogP contribution in [-0.2, 0) is 0 Å². The molecule has 0 amide bonds. The predicted octanol–water partition coefficient (Wildman–Crippen LogP) is -4.03. The van der Waals surface area contributed by atoms with Crippen LogP contribution < -0.4 is 0 Å². The zero-order chi connectivity index (χ0) is 17.4. The summed E-state index contributed by atoms with van der Waals surface area (Å²) in [4.78, 5) is 0. The van der Waals surface area contributed by atoms with Gasteiger partial charge in [-0.05, 0) is 13.8 Å². The first-order valence-electron chi connectivity index (χ1n) is 6.56. The first kappa shape index (κ1) is 21.0. The number of hydrogen-bond acceptors (Lipinski definition) is 10. The molecule has 0 spiro atoms. The summed E-state index contributed by atoms with van der Waals surface area (Å²) >= 11 is 0. The Bertz CT molecular complexity index is 353. The molecule has 0 fully saturated rings. The molecule has 6 atom stereocenters. The van der Waals surface area contributed by atoms with Crippen LogP contribution in [0.15, 0.2) is 10.2 Å². The second kappa shape index (κ2) is 9.92. The average Bonchev–Trinajstić information content (AvgIpc) is 2.54. The minimum atomic E-state index is -1.67. The average molecular weight is 324 g/mol. The second-order valence-electron chi connectivity index (χ2n) is 4.85. The van der Waals surface area contributed by atoms with E-state index in [0.29, 0.717) is 0 Å². The molecule has 0 rings (SSSR count). The summed E-state index contributed by atoms with van der Waals surface area (Å²) in [5, 5.41) is 81.1. The Labute approximate surface area is 127 Å². The highest BCUT2D eigenvalue weighted by molar-refractivity contribution is 5.90. The Hall–Kier alpha value is -0.980. The third-order valence-electron chi connectivity index (χ3n) is 3.03. The molecule has 0 bridgehead atoms. The van der Waals surface area contributed by atoms with Crippen molar-refractivity contribution in [2.45, 2.75) is 50.5 Å². The van der Waals surface area contributed by atoms with Crippen LogP contribution >= 0.6 is 0 Å². The number of rotatable bonds is 9. The molecule has 130 valence electrons. The lowest BCUT2D eigenvalue weighted by Crippen LogP contribution is -2.43. The fourth-order valence-corrected chi connectivity index (χ4v) is 1.41. The molecule has 0 saturated heterocycles. The molecule has 22 heavy (non-hydrogen) atoms. The minimum Gasteiger partial charge on any atom is -0.394 e. The molecule has 6 unspecified atom stereocenters. The van der Waals surface area contributed by atoms with E-state index in [0.717, 1.165) is 0 Å². The summed E-state index contributed by atoms with van der Waals surface area (Å²) in [6, 6.07) is 0. The van der Waals surface area contributed by atoms with Gasteiger partial charge in [-0.1, -0.05) is 0 Å². The first-order chi connectivity index (χ1) is 10.2. The molecule has 10 nitrogen and oxygen atoms in total. The largest absolute Gasteiger partial charge is 0.394 e. The fraction of sp³-hybridized carbons (Fsp3) is 0.833. The van der Waals surface area contributed by atoms with E-state index in [1.807, 2.05) is 0 Å². The van der Waals surface area contributed by atoms with E-state index in [1.165, 1.54) is 13.8 Å². The Kier molecular flexibility index (Phi) is 9.48. The van der Waals surface area contributed by atoms with E-state index in [1.54, 1.807) is 0 Å². The highest BCUT2D eigenvalue weighted by atomic mass is 16.4. The van der Waals surface area contributed by atoms with Gasteiger partial charge in [-0.2, -0.15) is 10.2 Å². The lowest BCUT2D eigenvalue weighted by atomic mass is 10.0. The molecule has 0 radical (unpaired) electrons. The van der Waals surface area contributed by atoms with Crippen LogP contribution in [0.5, 0.6) is 0 Å². The van der Waals surface area contributed by atoms with Crippen molar-refractivity contribution in [1.29, 1.82) is 0 Å². The van der Waals surface area contributed by atoms with Gasteiger partial charge >= 0.3 is 0 Å². The summed E-state index contributed by atoms with van der Waals surface area (Å²) in [7, 11) is 0. The Morgan fingerprint density at radius 1 is 0.682 bits per heavy atom. The minimum absolute atomic E-state index is 0.108. The summed E-state index contributed by atoms with van der Waals surface area (Å²) < 4.78 is 0. The zero-order valence-electron chi connectivity index (χ0n) is 12.4. The molecule has 0 aromatic rings. The Morgan fingerprint density at radius 3 is 1.18 bits per heavy atom. The summed E-state index contributed by atoms with van der Waals surface area (Å²) in [6.45, 7) is 1.08. The maximum Gasteiger partial charge on any atom is 0.122 e. The molecule has 0 aliphatic heterocycles. The van der Waals surface area contributed by atoms with E-state index in [-0.39, 0.29) is 11.4 Å². The van der Waals surface area contributed by atoms with Gasteiger partial charge in [0.2, 0.25) is 0 Å². The molecule has 10 heteroatoms. The van der Waals surface area contributed by atoms with Crippen molar-refractivity contribution >= 4 is 11.4 Å². The van der Waals surface area contributed by atoms with Crippen LogP contribution in [-0.4, -0.2) is 102 Å². The maximum absolute atomic E-state index is 9.67. The molecule has 8 N–H and O–H groups in total. The van der Waals surface area contributed by atoms with E-state index >= 15 is 0 Å². The van der Waals surface area contributed by atoms with Gasteiger partial charge in [0.15, 0.2) is 0 Å². The van der Waals surface area contributed by atoms with Gasteiger partial charge < -0.3 is 40.9 Å². The maximum atomic E-state index is 9.67. The Balaban J connectivity index is 4.90. The van der Waals surface area contributed by atoms with Gasteiger partial charge in [-0.25, -0.2) is 0 Å². The van der Waals surface area contributed by atoms with Crippen molar-refractivity contribution < 1.29 is 40.9 Å². The molecule has 0 aliphatic carbocycles. The molecule has 0 saturated carbocycles. The van der Waals surface area contributed by atoms with E-state index in [4.69, 9.17) is 10.2 Å². The summed E-state index contributed by atoms with van der Waals surface area (Å²) in [5.41, 5.74) is -0.215. The van der Waals surface area contributed by atoms with Crippen molar-refractivity contribution in [3.8, 4) is 0 Å². The highest BCUT2D eigenvalue weighted by Crippen LogP contribution is 2.05. The van der Waals surface area contributed by atoms with Crippen LogP contribution in [0.2, 0.25) is 0 Å². The second-order valence-corrected chi connectivity index (χ2v) is 4.85. The van der Waals surface area contributed by atoms with Crippen molar-refractivity contribution in [1.82, 2.24) is 0 Å². The standard InChI is InChI=1S/C12H24N2O8/c1-5(9(19)11(21)7(17)3-15)13-14-6(2)10(20)12(22)8(18)4-16/h7-12,15-22H,3-4H2,1-2H3. The van der Waals surface area contributed by atoms with Crippen molar-refractivity contribution in [3.05, 3.63) is 0 Å². The molecule has 0 aliphatic rings. The lowest BCUT2D eigenvalue weighted by Gasteiger charge is -2.21.